The fourth-order valence-corrected chi connectivity index (χ4v) is 2.75. The molecule has 1 aromatic rings. The van der Waals surface area contributed by atoms with E-state index in [0.29, 0.717) is 0 Å². The Morgan fingerprint density at radius 1 is 1.39 bits per heavy atom. The number of anilines is 1. The molecule has 1 aromatic heterocycles. The van der Waals surface area contributed by atoms with Gasteiger partial charge in [-0.25, -0.2) is 9.97 Å². The van der Waals surface area contributed by atoms with Gasteiger partial charge in [-0.15, -0.1) is 0 Å². The Morgan fingerprint density at radius 2 is 2.17 bits per heavy atom. The normalized spacial score (nSPS) is 16.2. The second-order valence-corrected chi connectivity index (χ2v) is 5.58. The van der Waals surface area contributed by atoms with Gasteiger partial charge in [-0.05, 0) is 28.3 Å². The molecule has 0 amide bonds. The predicted octanol–water partition coefficient (Wildman–Crippen LogP) is 3.49. The fraction of sp³-hybridized carbons (Fsp3) is 0.615. The lowest BCUT2D eigenvalue weighted by molar-refractivity contribution is 0.345. The Morgan fingerprint density at radius 3 is 2.89 bits per heavy atom. The van der Waals surface area contributed by atoms with Crippen LogP contribution < -0.4 is 5.32 Å². The number of nitrogens with one attached hydrogen (secondary N) is 1. The van der Waals surface area contributed by atoms with Gasteiger partial charge in [0.1, 0.15) is 11.9 Å². The third kappa shape index (κ3) is 3.67. The van der Waals surface area contributed by atoms with E-state index in [9.17, 15) is 0 Å². The molecule has 0 unspecified atom stereocenters. The quantitative estimate of drug-likeness (QED) is 0.925. The summed E-state index contributed by atoms with van der Waals surface area (Å²) in [6.07, 6.45) is 9.66. The number of hydrogen-bond acceptors (Lipinski definition) is 4. The predicted molar refractivity (Wildman–Crippen MR) is 74.1 cm³/mol. The summed E-state index contributed by atoms with van der Waals surface area (Å²) in [4.78, 5) is 8.04. The molecular formula is C13H17BrN4. The second kappa shape index (κ2) is 6.69. The molecule has 2 rings (SSSR count). The molecule has 0 radical (unpaired) electrons. The lowest BCUT2D eigenvalue weighted by Gasteiger charge is -2.21. The number of aromatic nitrogens is 2. The topological polar surface area (TPSA) is 61.6 Å². The van der Waals surface area contributed by atoms with Gasteiger partial charge in [0, 0.05) is 12.7 Å². The molecule has 1 saturated carbocycles. The number of hydrogen-bond donors (Lipinski definition) is 1. The third-order valence-corrected chi connectivity index (χ3v) is 3.99. The van der Waals surface area contributed by atoms with E-state index in [1.807, 2.05) is 6.07 Å². The van der Waals surface area contributed by atoms with Crippen molar-refractivity contribution in [3.63, 3.8) is 0 Å². The Hall–Kier alpha value is -1.15. The van der Waals surface area contributed by atoms with E-state index in [4.69, 9.17) is 5.26 Å². The maximum atomic E-state index is 8.76. The zero-order valence-corrected chi connectivity index (χ0v) is 11.9. The molecule has 0 spiro atoms. The zero-order chi connectivity index (χ0) is 12.8. The monoisotopic (exact) mass is 308 g/mol. The molecule has 1 N–H and O–H groups in total. The van der Waals surface area contributed by atoms with E-state index >= 15 is 0 Å². The van der Waals surface area contributed by atoms with Crippen LogP contribution in [0.15, 0.2) is 10.7 Å². The highest BCUT2D eigenvalue weighted by Gasteiger charge is 2.13. The second-order valence-electron chi connectivity index (χ2n) is 4.72. The van der Waals surface area contributed by atoms with Crippen molar-refractivity contribution in [1.29, 1.82) is 5.26 Å². The van der Waals surface area contributed by atoms with Crippen molar-refractivity contribution in [3.05, 3.63) is 16.5 Å². The molecule has 1 fully saturated rings. The number of nitriles is 1. The van der Waals surface area contributed by atoms with Crippen LogP contribution in [0.25, 0.3) is 0 Å². The van der Waals surface area contributed by atoms with Gasteiger partial charge in [0.2, 0.25) is 5.82 Å². The molecule has 1 aliphatic carbocycles. The summed E-state index contributed by atoms with van der Waals surface area (Å²) in [5.74, 6) is 1.78. The lowest BCUT2D eigenvalue weighted by atomic mass is 9.87. The summed E-state index contributed by atoms with van der Waals surface area (Å²) >= 11 is 3.39. The van der Waals surface area contributed by atoms with Crippen LogP contribution in [-0.2, 0) is 0 Å². The Labute approximate surface area is 116 Å². The van der Waals surface area contributed by atoms with Gasteiger partial charge >= 0.3 is 0 Å². The Kier molecular flexibility index (Phi) is 4.94. The SMILES string of the molecule is N#Cc1ncc(Br)c(NCCC2CCCCC2)n1. The molecule has 1 heterocycles. The van der Waals surface area contributed by atoms with Gasteiger partial charge in [0.15, 0.2) is 0 Å². The molecule has 0 aromatic carbocycles. The number of halogens is 1. The molecule has 1 aliphatic rings. The van der Waals surface area contributed by atoms with Gasteiger partial charge in [-0.3, -0.25) is 0 Å². The first kappa shape index (κ1) is 13.3. The van der Waals surface area contributed by atoms with Crippen LogP contribution >= 0.6 is 15.9 Å². The van der Waals surface area contributed by atoms with E-state index in [0.717, 1.165) is 22.8 Å². The molecule has 18 heavy (non-hydrogen) atoms. The van der Waals surface area contributed by atoms with Gasteiger partial charge in [0.25, 0.3) is 0 Å². The van der Waals surface area contributed by atoms with Gasteiger partial charge < -0.3 is 5.32 Å². The summed E-state index contributed by atoms with van der Waals surface area (Å²) in [6, 6.07) is 1.95. The molecule has 0 saturated heterocycles. The summed E-state index contributed by atoms with van der Waals surface area (Å²) in [5.41, 5.74) is 0. The van der Waals surface area contributed by atoms with Crippen LogP contribution in [0, 0.1) is 17.2 Å². The summed E-state index contributed by atoms with van der Waals surface area (Å²) < 4.78 is 0.810. The third-order valence-electron chi connectivity index (χ3n) is 3.41. The molecule has 96 valence electrons. The standard InChI is InChI=1S/C13H17BrN4/c14-11-9-17-12(8-15)18-13(11)16-7-6-10-4-2-1-3-5-10/h9-10H,1-7H2,(H,16,17,18). The lowest BCUT2D eigenvalue weighted by Crippen LogP contribution is -2.13. The van der Waals surface area contributed by atoms with E-state index in [2.05, 4.69) is 31.2 Å². The van der Waals surface area contributed by atoms with Crippen molar-refractivity contribution >= 4 is 21.7 Å². The highest BCUT2D eigenvalue weighted by Crippen LogP contribution is 2.26. The van der Waals surface area contributed by atoms with Crippen LogP contribution in [-0.4, -0.2) is 16.5 Å². The number of nitrogens with zero attached hydrogens (tertiary/aromatic N) is 3. The molecule has 0 bridgehead atoms. The molecular weight excluding hydrogens is 292 g/mol. The van der Waals surface area contributed by atoms with Crippen LogP contribution in [0.4, 0.5) is 5.82 Å². The van der Waals surface area contributed by atoms with Gasteiger partial charge in [0.05, 0.1) is 4.47 Å². The first-order valence-corrected chi connectivity index (χ1v) is 7.25. The summed E-state index contributed by atoms with van der Waals surface area (Å²) in [5, 5.41) is 12.0. The Bertz CT molecular complexity index is 435. The van der Waals surface area contributed by atoms with E-state index < -0.39 is 0 Å². The van der Waals surface area contributed by atoms with E-state index in [-0.39, 0.29) is 5.82 Å². The fourth-order valence-electron chi connectivity index (χ4n) is 2.42. The summed E-state index contributed by atoms with van der Waals surface area (Å²) in [7, 11) is 0. The minimum absolute atomic E-state index is 0.207. The maximum Gasteiger partial charge on any atom is 0.234 e. The minimum atomic E-state index is 0.207. The van der Waals surface area contributed by atoms with Crippen LogP contribution in [0.5, 0.6) is 0 Å². The molecule has 0 atom stereocenters. The minimum Gasteiger partial charge on any atom is -0.369 e. The van der Waals surface area contributed by atoms with E-state index in [1.54, 1.807) is 6.20 Å². The maximum absolute atomic E-state index is 8.76. The van der Waals surface area contributed by atoms with Crippen LogP contribution in [0.1, 0.15) is 44.3 Å². The Balaban J connectivity index is 1.84. The molecule has 4 nitrogen and oxygen atoms in total. The van der Waals surface area contributed by atoms with Gasteiger partial charge in [-0.2, -0.15) is 5.26 Å². The zero-order valence-electron chi connectivity index (χ0n) is 10.3. The molecule has 0 aliphatic heterocycles. The average molecular weight is 309 g/mol. The highest BCUT2D eigenvalue weighted by atomic mass is 79.9. The highest BCUT2D eigenvalue weighted by molar-refractivity contribution is 9.10. The largest absolute Gasteiger partial charge is 0.369 e. The average Bonchev–Trinajstić information content (AvgIpc) is 2.42. The number of rotatable bonds is 4. The first-order chi connectivity index (χ1) is 8.79. The van der Waals surface area contributed by atoms with Crippen molar-refractivity contribution in [2.75, 3.05) is 11.9 Å². The van der Waals surface area contributed by atoms with Crippen LogP contribution in [0.2, 0.25) is 0 Å². The van der Waals surface area contributed by atoms with Gasteiger partial charge in [-0.1, -0.05) is 32.1 Å². The van der Waals surface area contributed by atoms with E-state index in [1.165, 1.54) is 38.5 Å². The smallest absolute Gasteiger partial charge is 0.234 e. The molecule has 5 heteroatoms. The van der Waals surface area contributed by atoms with Crippen molar-refractivity contribution in [3.8, 4) is 6.07 Å². The first-order valence-electron chi connectivity index (χ1n) is 6.46. The summed E-state index contributed by atoms with van der Waals surface area (Å²) in [6.45, 7) is 0.908. The van der Waals surface area contributed by atoms with Crippen LogP contribution in [0.3, 0.4) is 0 Å². The van der Waals surface area contributed by atoms with Crippen molar-refractivity contribution < 1.29 is 0 Å². The van der Waals surface area contributed by atoms with Crippen molar-refractivity contribution in [2.45, 2.75) is 38.5 Å². The van der Waals surface area contributed by atoms with Crippen molar-refractivity contribution in [1.82, 2.24) is 9.97 Å². The van der Waals surface area contributed by atoms with Crippen molar-refractivity contribution in [2.24, 2.45) is 5.92 Å².